The van der Waals surface area contributed by atoms with Crippen molar-refractivity contribution in [2.45, 2.75) is 19.3 Å². The first-order chi connectivity index (χ1) is 12.8. The number of anilines is 3. The van der Waals surface area contributed by atoms with E-state index in [0.717, 1.165) is 35.4 Å². The maximum absolute atomic E-state index is 12.5. The Hall–Kier alpha value is -3.08. The van der Waals surface area contributed by atoms with Gasteiger partial charge in [0.2, 0.25) is 0 Å². The number of pyridine rings is 1. The zero-order chi connectivity index (χ0) is 17.8. The van der Waals surface area contributed by atoms with Crippen molar-refractivity contribution in [2.75, 3.05) is 28.6 Å². The molecule has 2 aromatic carbocycles. The van der Waals surface area contributed by atoms with Gasteiger partial charge >= 0.3 is 6.03 Å². The number of nitrogens with one attached hydrogen (secondary N) is 2. The number of nitrogens with zero attached hydrogens (tertiary/aromatic N) is 2. The first-order valence-electron chi connectivity index (χ1n) is 9.07. The fourth-order valence-corrected chi connectivity index (χ4v) is 3.40. The summed E-state index contributed by atoms with van der Waals surface area (Å²) in [5.41, 5.74) is 2.76. The lowest BCUT2D eigenvalue weighted by atomic mass is 10.1. The van der Waals surface area contributed by atoms with Crippen LogP contribution in [0, 0.1) is 0 Å². The zero-order valence-electron chi connectivity index (χ0n) is 14.6. The molecule has 2 heterocycles. The van der Waals surface area contributed by atoms with Gasteiger partial charge < -0.3 is 10.2 Å². The van der Waals surface area contributed by atoms with Gasteiger partial charge in [0.15, 0.2) is 0 Å². The SMILES string of the molecule is O=C(Nc1ccc2ccccc2n1)Nc1ccccc1N1CCCCC1. The van der Waals surface area contributed by atoms with Gasteiger partial charge in [-0.15, -0.1) is 0 Å². The first kappa shape index (κ1) is 16.4. The quantitative estimate of drug-likeness (QED) is 0.711. The van der Waals surface area contributed by atoms with Gasteiger partial charge in [-0.1, -0.05) is 30.3 Å². The Balaban J connectivity index is 1.49. The molecule has 0 radical (unpaired) electrons. The van der Waals surface area contributed by atoms with Crippen molar-refractivity contribution in [1.29, 1.82) is 0 Å². The van der Waals surface area contributed by atoms with E-state index in [1.165, 1.54) is 19.3 Å². The van der Waals surface area contributed by atoms with E-state index in [0.29, 0.717) is 5.82 Å². The van der Waals surface area contributed by atoms with E-state index in [-0.39, 0.29) is 6.03 Å². The average molecular weight is 346 g/mol. The average Bonchev–Trinajstić information content (AvgIpc) is 2.69. The first-order valence-corrected chi connectivity index (χ1v) is 9.07. The summed E-state index contributed by atoms with van der Waals surface area (Å²) in [6, 6.07) is 19.3. The zero-order valence-corrected chi connectivity index (χ0v) is 14.6. The van der Waals surface area contributed by atoms with Crippen LogP contribution in [0.25, 0.3) is 10.9 Å². The molecule has 0 aliphatic carbocycles. The van der Waals surface area contributed by atoms with Crippen molar-refractivity contribution < 1.29 is 4.79 Å². The molecule has 1 aliphatic heterocycles. The normalized spacial score (nSPS) is 14.2. The van der Waals surface area contributed by atoms with Crippen LogP contribution >= 0.6 is 0 Å². The Kier molecular flexibility index (Phi) is 4.69. The van der Waals surface area contributed by atoms with Crippen LogP contribution in [0.3, 0.4) is 0 Å². The molecule has 0 saturated carbocycles. The lowest BCUT2D eigenvalue weighted by Gasteiger charge is -2.30. The predicted molar refractivity (Wildman–Crippen MR) is 107 cm³/mol. The second kappa shape index (κ2) is 7.44. The van der Waals surface area contributed by atoms with Crippen LogP contribution in [-0.4, -0.2) is 24.1 Å². The molecule has 5 heteroatoms. The molecule has 1 saturated heterocycles. The van der Waals surface area contributed by atoms with Crippen LogP contribution in [0.5, 0.6) is 0 Å². The highest BCUT2D eigenvalue weighted by molar-refractivity contribution is 6.01. The van der Waals surface area contributed by atoms with E-state index in [4.69, 9.17) is 0 Å². The van der Waals surface area contributed by atoms with Gasteiger partial charge in [-0.05, 0) is 49.6 Å². The summed E-state index contributed by atoms with van der Waals surface area (Å²) >= 11 is 0. The summed E-state index contributed by atoms with van der Waals surface area (Å²) in [6.07, 6.45) is 3.67. The highest BCUT2D eigenvalue weighted by Gasteiger charge is 2.15. The van der Waals surface area contributed by atoms with Crippen molar-refractivity contribution in [2.24, 2.45) is 0 Å². The molecule has 4 rings (SSSR count). The van der Waals surface area contributed by atoms with Crippen LogP contribution in [0.2, 0.25) is 0 Å². The number of benzene rings is 2. The number of hydrogen-bond donors (Lipinski definition) is 2. The second-order valence-corrected chi connectivity index (χ2v) is 6.53. The molecule has 0 unspecified atom stereocenters. The fourth-order valence-electron chi connectivity index (χ4n) is 3.40. The fraction of sp³-hybridized carbons (Fsp3) is 0.238. The van der Waals surface area contributed by atoms with Crippen molar-refractivity contribution in [3.8, 4) is 0 Å². The minimum absolute atomic E-state index is 0.280. The van der Waals surface area contributed by atoms with Crippen molar-refractivity contribution in [3.05, 3.63) is 60.7 Å². The molecule has 1 aromatic heterocycles. The number of carbonyl (C=O) groups excluding carboxylic acids is 1. The molecule has 2 amide bonds. The molecule has 0 atom stereocenters. The van der Waals surface area contributed by atoms with Gasteiger partial charge in [-0.3, -0.25) is 5.32 Å². The lowest BCUT2D eigenvalue weighted by Crippen LogP contribution is -2.31. The highest BCUT2D eigenvalue weighted by atomic mass is 16.2. The van der Waals surface area contributed by atoms with E-state index in [1.807, 2.05) is 54.6 Å². The molecule has 26 heavy (non-hydrogen) atoms. The molecule has 1 fully saturated rings. The summed E-state index contributed by atoms with van der Waals surface area (Å²) in [4.78, 5) is 19.3. The monoisotopic (exact) mass is 346 g/mol. The largest absolute Gasteiger partial charge is 0.370 e. The number of hydrogen-bond acceptors (Lipinski definition) is 3. The smallest absolute Gasteiger partial charge is 0.324 e. The van der Waals surface area contributed by atoms with E-state index in [2.05, 4.69) is 26.6 Å². The third kappa shape index (κ3) is 3.61. The highest BCUT2D eigenvalue weighted by Crippen LogP contribution is 2.28. The Bertz CT molecular complexity index is 919. The molecular formula is C21H22N4O. The topological polar surface area (TPSA) is 57.3 Å². The van der Waals surface area contributed by atoms with Gasteiger partial charge in [0.05, 0.1) is 16.9 Å². The Labute approximate surface area is 153 Å². The summed E-state index contributed by atoms with van der Waals surface area (Å²) in [7, 11) is 0. The van der Waals surface area contributed by atoms with Crippen LogP contribution in [-0.2, 0) is 0 Å². The number of fused-ring (bicyclic) bond motifs is 1. The standard InChI is InChI=1S/C21H22N4O/c26-21(24-20-13-12-16-8-2-3-9-17(16)22-20)23-18-10-4-5-11-19(18)25-14-6-1-7-15-25/h2-5,8-13H,1,6-7,14-15H2,(H2,22,23,24,26). The minimum Gasteiger partial charge on any atom is -0.370 e. The second-order valence-electron chi connectivity index (χ2n) is 6.53. The van der Waals surface area contributed by atoms with Gasteiger partial charge in [0, 0.05) is 18.5 Å². The summed E-state index contributed by atoms with van der Waals surface area (Å²) in [6.45, 7) is 2.07. The van der Waals surface area contributed by atoms with Crippen molar-refractivity contribution >= 4 is 34.1 Å². The summed E-state index contributed by atoms with van der Waals surface area (Å²) < 4.78 is 0. The summed E-state index contributed by atoms with van der Waals surface area (Å²) in [5.74, 6) is 0.539. The lowest BCUT2D eigenvalue weighted by molar-refractivity contribution is 0.262. The van der Waals surface area contributed by atoms with Crippen LogP contribution in [0.4, 0.5) is 22.0 Å². The number of piperidine rings is 1. The van der Waals surface area contributed by atoms with Crippen molar-refractivity contribution in [1.82, 2.24) is 4.98 Å². The van der Waals surface area contributed by atoms with Gasteiger partial charge in [0.1, 0.15) is 5.82 Å². The molecule has 0 spiro atoms. The molecule has 5 nitrogen and oxygen atoms in total. The molecular weight excluding hydrogens is 324 g/mol. The van der Waals surface area contributed by atoms with Gasteiger partial charge in [-0.25, -0.2) is 9.78 Å². The van der Waals surface area contributed by atoms with E-state index >= 15 is 0 Å². The van der Waals surface area contributed by atoms with Crippen LogP contribution < -0.4 is 15.5 Å². The number of para-hydroxylation sites is 3. The maximum atomic E-state index is 12.5. The van der Waals surface area contributed by atoms with Gasteiger partial charge in [-0.2, -0.15) is 0 Å². The number of amides is 2. The molecule has 0 bridgehead atoms. The van der Waals surface area contributed by atoms with Crippen LogP contribution in [0.1, 0.15) is 19.3 Å². The molecule has 132 valence electrons. The van der Waals surface area contributed by atoms with E-state index in [1.54, 1.807) is 0 Å². The minimum atomic E-state index is -0.280. The molecule has 3 aromatic rings. The third-order valence-corrected chi connectivity index (χ3v) is 4.69. The molecule has 1 aliphatic rings. The third-order valence-electron chi connectivity index (χ3n) is 4.69. The Morgan fingerprint density at radius 1 is 0.846 bits per heavy atom. The van der Waals surface area contributed by atoms with Crippen LogP contribution in [0.15, 0.2) is 60.7 Å². The number of rotatable bonds is 3. The Morgan fingerprint density at radius 2 is 1.62 bits per heavy atom. The number of urea groups is 1. The molecule has 2 N–H and O–H groups in total. The predicted octanol–water partition coefficient (Wildman–Crippen LogP) is 4.87. The van der Waals surface area contributed by atoms with E-state index in [9.17, 15) is 4.79 Å². The van der Waals surface area contributed by atoms with Crippen molar-refractivity contribution in [3.63, 3.8) is 0 Å². The number of carbonyl (C=O) groups is 1. The van der Waals surface area contributed by atoms with E-state index < -0.39 is 0 Å². The Morgan fingerprint density at radius 3 is 2.50 bits per heavy atom. The maximum Gasteiger partial charge on any atom is 0.324 e. The van der Waals surface area contributed by atoms with Gasteiger partial charge in [0.25, 0.3) is 0 Å². The number of aromatic nitrogens is 1. The summed E-state index contributed by atoms with van der Waals surface area (Å²) in [5, 5.41) is 6.86.